The lowest BCUT2D eigenvalue weighted by molar-refractivity contribution is -0.129. The highest BCUT2D eigenvalue weighted by atomic mass is 32.1. The molecule has 0 saturated carbocycles. The van der Waals surface area contributed by atoms with Crippen molar-refractivity contribution in [2.75, 3.05) is 0 Å². The summed E-state index contributed by atoms with van der Waals surface area (Å²) in [6, 6.07) is 7.77. The Hall–Kier alpha value is -2.21. The van der Waals surface area contributed by atoms with Crippen LogP contribution in [0.25, 0.3) is 0 Å². The summed E-state index contributed by atoms with van der Waals surface area (Å²) in [5.41, 5.74) is 2.01. The topological polar surface area (TPSA) is 55.4 Å². The van der Waals surface area contributed by atoms with Crippen molar-refractivity contribution < 1.29 is 18.7 Å². The third-order valence-electron chi connectivity index (χ3n) is 4.23. The molecule has 1 N–H and O–H groups in total. The van der Waals surface area contributed by atoms with Crippen molar-refractivity contribution in [3.05, 3.63) is 57.0 Å². The van der Waals surface area contributed by atoms with Gasteiger partial charge in [0.15, 0.2) is 6.10 Å². The molecule has 1 aliphatic carbocycles. The normalized spacial score (nSPS) is 14.5. The van der Waals surface area contributed by atoms with Gasteiger partial charge in [-0.1, -0.05) is 12.1 Å². The summed E-state index contributed by atoms with van der Waals surface area (Å²) >= 11 is 1.47. The smallest absolute Gasteiger partial charge is 0.349 e. The van der Waals surface area contributed by atoms with Crippen molar-refractivity contribution in [1.29, 1.82) is 0 Å². The molecule has 1 aliphatic rings. The summed E-state index contributed by atoms with van der Waals surface area (Å²) < 4.78 is 18.1. The molecule has 3 rings (SSSR count). The predicted octanol–water partition coefficient (Wildman–Crippen LogP) is 3.63. The summed E-state index contributed by atoms with van der Waals surface area (Å²) in [5.74, 6) is -1.15. The van der Waals surface area contributed by atoms with Gasteiger partial charge in [0, 0.05) is 11.4 Å². The molecule has 0 radical (unpaired) electrons. The predicted molar refractivity (Wildman–Crippen MR) is 94.1 cm³/mol. The quantitative estimate of drug-likeness (QED) is 0.828. The van der Waals surface area contributed by atoms with E-state index in [-0.39, 0.29) is 18.3 Å². The van der Waals surface area contributed by atoms with E-state index < -0.39 is 12.1 Å². The standard InChI is InChI=1S/C19H20FNO3S/c1-12(18(22)21-11-13-6-8-15(20)9-7-13)24-19(23)17-10-14-4-2-3-5-16(14)25-17/h6-10,12H,2-5,11H2,1H3,(H,21,22). The third kappa shape index (κ3) is 4.45. The molecule has 4 nitrogen and oxygen atoms in total. The lowest BCUT2D eigenvalue weighted by Crippen LogP contribution is -2.35. The molecular weight excluding hydrogens is 341 g/mol. The van der Waals surface area contributed by atoms with Gasteiger partial charge in [-0.15, -0.1) is 11.3 Å². The molecule has 0 saturated heterocycles. The molecule has 6 heteroatoms. The Labute approximate surface area is 150 Å². The lowest BCUT2D eigenvalue weighted by Gasteiger charge is -2.13. The first-order valence-corrected chi connectivity index (χ1v) is 9.19. The molecule has 0 aliphatic heterocycles. The highest BCUT2D eigenvalue weighted by Gasteiger charge is 2.22. The largest absolute Gasteiger partial charge is 0.448 e. The van der Waals surface area contributed by atoms with Gasteiger partial charge < -0.3 is 10.1 Å². The van der Waals surface area contributed by atoms with Gasteiger partial charge in [-0.3, -0.25) is 4.79 Å². The van der Waals surface area contributed by atoms with Gasteiger partial charge in [0.2, 0.25) is 0 Å². The molecule has 1 aromatic carbocycles. The van der Waals surface area contributed by atoms with Crippen LogP contribution in [0.4, 0.5) is 4.39 Å². The SMILES string of the molecule is CC(OC(=O)c1cc2c(s1)CCCC2)C(=O)NCc1ccc(F)cc1. The maximum absolute atomic E-state index is 12.9. The number of esters is 1. The van der Waals surface area contributed by atoms with Crippen molar-refractivity contribution in [2.24, 2.45) is 0 Å². The van der Waals surface area contributed by atoms with E-state index in [1.165, 1.54) is 33.9 Å². The zero-order chi connectivity index (χ0) is 17.8. The second-order valence-corrected chi connectivity index (χ2v) is 7.29. The molecule has 25 heavy (non-hydrogen) atoms. The number of rotatable bonds is 5. The number of hydrogen-bond donors (Lipinski definition) is 1. The Kier molecular flexibility index (Phi) is 5.48. The van der Waals surface area contributed by atoms with Crippen LogP contribution in [0.5, 0.6) is 0 Å². The van der Waals surface area contributed by atoms with E-state index in [2.05, 4.69) is 5.32 Å². The molecule has 1 atom stereocenters. The zero-order valence-electron chi connectivity index (χ0n) is 14.0. The van der Waals surface area contributed by atoms with E-state index in [9.17, 15) is 14.0 Å². The van der Waals surface area contributed by atoms with Gasteiger partial charge >= 0.3 is 5.97 Å². The molecule has 1 amide bonds. The Bertz CT molecular complexity index is 746. The molecule has 1 unspecified atom stereocenters. The Morgan fingerprint density at radius 1 is 1.24 bits per heavy atom. The summed E-state index contributed by atoms with van der Waals surface area (Å²) in [6.07, 6.45) is 3.45. The minimum Gasteiger partial charge on any atom is -0.448 e. The summed E-state index contributed by atoms with van der Waals surface area (Å²) in [7, 11) is 0. The van der Waals surface area contributed by atoms with Crippen molar-refractivity contribution in [2.45, 2.75) is 45.3 Å². The second-order valence-electron chi connectivity index (χ2n) is 6.16. The van der Waals surface area contributed by atoms with Crippen LogP contribution in [0, 0.1) is 5.82 Å². The monoisotopic (exact) mass is 361 g/mol. The number of nitrogens with one attached hydrogen (secondary N) is 1. The maximum atomic E-state index is 12.9. The number of aryl methyl sites for hydroxylation is 2. The van der Waals surface area contributed by atoms with Gasteiger partial charge in [-0.05, 0) is 61.9 Å². The molecule has 132 valence electrons. The van der Waals surface area contributed by atoms with Crippen LogP contribution in [-0.4, -0.2) is 18.0 Å². The number of hydrogen-bond acceptors (Lipinski definition) is 4. The molecule has 0 bridgehead atoms. The minimum atomic E-state index is -0.882. The number of halogens is 1. The number of ether oxygens (including phenoxy) is 1. The van der Waals surface area contributed by atoms with Crippen LogP contribution in [0.2, 0.25) is 0 Å². The molecule has 1 aromatic heterocycles. The van der Waals surface area contributed by atoms with Gasteiger partial charge in [0.1, 0.15) is 10.7 Å². The Morgan fingerprint density at radius 3 is 2.68 bits per heavy atom. The highest BCUT2D eigenvalue weighted by Crippen LogP contribution is 2.30. The van der Waals surface area contributed by atoms with Crippen molar-refractivity contribution in [3.8, 4) is 0 Å². The van der Waals surface area contributed by atoms with E-state index in [1.54, 1.807) is 19.1 Å². The van der Waals surface area contributed by atoms with Gasteiger partial charge in [0.05, 0.1) is 0 Å². The minimum absolute atomic E-state index is 0.258. The molecule has 2 aromatic rings. The molecular formula is C19H20FNO3S. The number of thiophene rings is 1. The van der Waals surface area contributed by atoms with Gasteiger partial charge in [-0.2, -0.15) is 0 Å². The Morgan fingerprint density at radius 2 is 1.96 bits per heavy atom. The van der Waals surface area contributed by atoms with Gasteiger partial charge in [-0.25, -0.2) is 9.18 Å². The van der Waals surface area contributed by atoms with Crippen LogP contribution < -0.4 is 5.32 Å². The third-order valence-corrected chi connectivity index (χ3v) is 5.45. The van der Waals surface area contributed by atoms with Crippen molar-refractivity contribution >= 4 is 23.2 Å². The van der Waals surface area contributed by atoms with E-state index in [0.29, 0.717) is 4.88 Å². The second kappa shape index (κ2) is 7.78. The maximum Gasteiger partial charge on any atom is 0.349 e. The van der Waals surface area contributed by atoms with Crippen LogP contribution in [-0.2, 0) is 28.9 Å². The first-order valence-electron chi connectivity index (χ1n) is 8.37. The van der Waals surface area contributed by atoms with Crippen LogP contribution in [0.3, 0.4) is 0 Å². The zero-order valence-corrected chi connectivity index (χ0v) is 14.8. The summed E-state index contributed by atoms with van der Waals surface area (Å²) in [5, 5.41) is 2.69. The molecule has 1 heterocycles. The van der Waals surface area contributed by atoms with Gasteiger partial charge in [0.25, 0.3) is 5.91 Å². The number of fused-ring (bicyclic) bond motifs is 1. The van der Waals surface area contributed by atoms with E-state index in [0.717, 1.165) is 31.2 Å². The number of amides is 1. The fraction of sp³-hybridized carbons (Fsp3) is 0.368. The van der Waals surface area contributed by atoms with Crippen molar-refractivity contribution in [1.82, 2.24) is 5.32 Å². The summed E-state index contributed by atoms with van der Waals surface area (Å²) in [6.45, 7) is 1.81. The van der Waals surface area contributed by atoms with E-state index >= 15 is 0 Å². The number of benzene rings is 1. The van der Waals surface area contributed by atoms with E-state index in [1.807, 2.05) is 6.07 Å². The average Bonchev–Trinajstić information content (AvgIpc) is 3.05. The summed E-state index contributed by atoms with van der Waals surface area (Å²) in [4.78, 5) is 26.2. The van der Waals surface area contributed by atoms with Crippen LogP contribution in [0.15, 0.2) is 30.3 Å². The fourth-order valence-corrected chi connectivity index (χ4v) is 3.94. The first-order chi connectivity index (χ1) is 12.0. The Balaban J connectivity index is 1.52. The number of carbonyl (C=O) groups excluding carboxylic acids is 2. The van der Waals surface area contributed by atoms with Crippen LogP contribution >= 0.6 is 11.3 Å². The van der Waals surface area contributed by atoms with Crippen molar-refractivity contribution in [3.63, 3.8) is 0 Å². The molecule has 0 spiro atoms. The first kappa shape index (κ1) is 17.6. The van der Waals surface area contributed by atoms with Crippen LogP contribution in [0.1, 0.15) is 45.4 Å². The van der Waals surface area contributed by atoms with E-state index in [4.69, 9.17) is 4.74 Å². The molecule has 0 fully saturated rings. The lowest BCUT2D eigenvalue weighted by atomic mass is 9.99. The highest BCUT2D eigenvalue weighted by molar-refractivity contribution is 7.14. The fourth-order valence-electron chi connectivity index (χ4n) is 2.80. The number of carbonyl (C=O) groups is 2. The average molecular weight is 361 g/mol.